The predicted molar refractivity (Wildman–Crippen MR) is 111 cm³/mol. The van der Waals surface area contributed by atoms with Crippen molar-refractivity contribution in [1.29, 1.82) is 0 Å². The van der Waals surface area contributed by atoms with Crippen LogP contribution in [0.1, 0.15) is 36.8 Å². The molecule has 0 unspecified atom stereocenters. The van der Waals surface area contributed by atoms with E-state index in [9.17, 15) is 0 Å². The van der Waals surface area contributed by atoms with Crippen LogP contribution in [-0.2, 0) is 0 Å². The van der Waals surface area contributed by atoms with Gasteiger partial charge in [-0.1, -0.05) is 24.6 Å². The second-order valence-electron chi connectivity index (χ2n) is 6.46. The molecule has 0 bridgehead atoms. The highest BCUT2D eigenvalue weighted by molar-refractivity contribution is 7.80. The molecule has 0 aliphatic carbocycles. The Hall–Kier alpha value is -2.44. The third kappa shape index (κ3) is 3.42. The second kappa shape index (κ2) is 7.66. The van der Waals surface area contributed by atoms with Crippen molar-refractivity contribution in [3.8, 4) is 5.82 Å². The molecule has 5 nitrogen and oxygen atoms in total. The molecule has 0 aromatic carbocycles. The summed E-state index contributed by atoms with van der Waals surface area (Å²) < 4.78 is 2.09. The molecule has 3 aromatic rings. The summed E-state index contributed by atoms with van der Waals surface area (Å²) in [5.74, 6) is 0.827. The van der Waals surface area contributed by atoms with Crippen molar-refractivity contribution in [1.82, 2.24) is 24.8 Å². The van der Waals surface area contributed by atoms with Gasteiger partial charge in [0, 0.05) is 30.8 Å². The first-order valence-corrected chi connectivity index (χ1v) is 9.75. The van der Waals surface area contributed by atoms with E-state index in [0.29, 0.717) is 5.02 Å². The molecule has 27 heavy (non-hydrogen) atoms. The van der Waals surface area contributed by atoms with Crippen LogP contribution < -0.4 is 5.32 Å². The number of rotatable bonds is 5. The summed E-state index contributed by atoms with van der Waals surface area (Å²) in [5.41, 5.74) is 2.08. The standard InChI is InChI=1S/C20H20ClN5S/c1-2-11-26-19(18(24-20(26)27)15-6-3-4-10-22-15)16-7-5-12-25(16)17-9-8-14(21)13-23-17/h3-10,12-13,18-19H,2,11H2,1H3,(H,24,27)/t18-,19+/m0/s1. The van der Waals surface area contributed by atoms with E-state index in [1.807, 2.05) is 48.8 Å². The zero-order valence-electron chi connectivity index (χ0n) is 14.9. The molecule has 1 aliphatic heterocycles. The Morgan fingerprint density at radius 1 is 1.15 bits per heavy atom. The van der Waals surface area contributed by atoms with E-state index in [2.05, 4.69) is 37.7 Å². The van der Waals surface area contributed by atoms with E-state index in [1.165, 1.54) is 0 Å². The van der Waals surface area contributed by atoms with Crippen LogP contribution in [0.25, 0.3) is 5.82 Å². The summed E-state index contributed by atoms with van der Waals surface area (Å²) in [5, 5.41) is 4.85. The Kier molecular flexibility index (Phi) is 5.09. The van der Waals surface area contributed by atoms with Crippen molar-refractivity contribution in [2.75, 3.05) is 6.54 Å². The number of pyridine rings is 2. The Labute approximate surface area is 169 Å². The average molecular weight is 398 g/mol. The third-order valence-electron chi connectivity index (χ3n) is 4.70. The zero-order chi connectivity index (χ0) is 18.8. The Morgan fingerprint density at radius 2 is 2.04 bits per heavy atom. The van der Waals surface area contributed by atoms with Gasteiger partial charge < -0.3 is 14.8 Å². The van der Waals surface area contributed by atoms with Crippen LogP contribution in [0.3, 0.4) is 0 Å². The molecule has 1 aliphatic rings. The molecule has 7 heteroatoms. The lowest BCUT2D eigenvalue weighted by atomic mass is 10.0. The van der Waals surface area contributed by atoms with Crippen molar-refractivity contribution in [3.63, 3.8) is 0 Å². The average Bonchev–Trinajstić information content (AvgIpc) is 3.28. The number of hydrogen-bond donors (Lipinski definition) is 1. The van der Waals surface area contributed by atoms with E-state index >= 15 is 0 Å². The smallest absolute Gasteiger partial charge is 0.170 e. The molecule has 4 rings (SSSR count). The van der Waals surface area contributed by atoms with Crippen molar-refractivity contribution in [3.05, 3.63) is 77.5 Å². The van der Waals surface area contributed by atoms with Crippen LogP contribution in [0.4, 0.5) is 0 Å². The fraction of sp³-hybridized carbons (Fsp3) is 0.250. The van der Waals surface area contributed by atoms with E-state index < -0.39 is 0 Å². The van der Waals surface area contributed by atoms with E-state index in [-0.39, 0.29) is 12.1 Å². The van der Waals surface area contributed by atoms with E-state index in [4.69, 9.17) is 23.8 Å². The molecule has 0 spiro atoms. The van der Waals surface area contributed by atoms with Gasteiger partial charge in [0.25, 0.3) is 0 Å². The normalized spacial score (nSPS) is 19.3. The van der Waals surface area contributed by atoms with Crippen LogP contribution in [-0.4, -0.2) is 31.1 Å². The largest absolute Gasteiger partial charge is 0.352 e. The lowest BCUT2D eigenvalue weighted by molar-refractivity contribution is 0.308. The van der Waals surface area contributed by atoms with Gasteiger partial charge in [0.2, 0.25) is 0 Å². The molecule has 1 saturated heterocycles. The predicted octanol–water partition coefficient (Wildman–Crippen LogP) is 4.30. The van der Waals surface area contributed by atoms with Gasteiger partial charge in [-0.2, -0.15) is 0 Å². The van der Waals surface area contributed by atoms with Crippen LogP contribution in [0.5, 0.6) is 0 Å². The maximum Gasteiger partial charge on any atom is 0.170 e. The van der Waals surface area contributed by atoms with Crippen LogP contribution in [0.2, 0.25) is 5.02 Å². The molecule has 0 amide bonds. The van der Waals surface area contributed by atoms with Gasteiger partial charge in [-0.25, -0.2) is 4.98 Å². The number of aromatic nitrogens is 3. The highest BCUT2D eigenvalue weighted by Gasteiger charge is 2.40. The van der Waals surface area contributed by atoms with Gasteiger partial charge in [0.15, 0.2) is 5.11 Å². The van der Waals surface area contributed by atoms with Gasteiger partial charge in [-0.05, 0) is 55.0 Å². The van der Waals surface area contributed by atoms with Gasteiger partial charge in [0.05, 0.1) is 22.8 Å². The monoisotopic (exact) mass is 397 g/mol. The zero-order valence-corrected chi connectivity index (χ0v) is 16.5. The molecule has 4 heterocycles. The topological polar surface area (TPSA) is 46.0 Å². The first-order valence-electron chi connectivity index (χ1n) is 8.96. The Balaban J connectivity index is 1.80. The molecule has 138 valence electrons. The number of nitrogens with one attached hydrogen (secondary N) is 1. The lowest BCUT2D eigenvalue weighted by Gasteiger charge is -2.28. The summed E-state index contributed by atoms with van der Waals surface area (Å²) in [7, 11) is 0. The van der Waals surface area contributed by atoms with Gasteiger partial charge in [-0.3, -0.25) is 4.98 Å². The van der Waals surface area contributed by atoms with Crippen molar-refractivity contribution >= 4 is 28.9 Å². The highest BCUT2D eigenvalue weighted by Crippen LogP contribution is 2.39. The molecule has 3 aromatic heterocycles. The summed E-state index contributed by atoms with van der Waals surface area (Å²) in [4.78, 5) is 11.3. The van der Waals surface area contributed by atoms with Crippen LogP contribution >= 0.6 is 23.8 Å². The maximum atomic E-state index is 6.01. The molecular formula is C20H20ClN5S. The summed E-state index contributed by atoms with van der Waals surface area (Å²) in [6, 6.07) is 13.9. The van der Waals surface area contributed by atoms with Crippen molar-refractivity contribution in [2.24, 2.45) is 0 Å². The van der Waals surface area contributed by atoms with Crippen LogP contribution in [0.15, 0.2) is 61.1 Å². The molecular weight excluding hydrogens is 378 g/mol. The third-order valence-corrected chi connectivity index (χ3v) is 5.28. The SMILES string of the molecule is CCCN1C(=S)N[C@@H](c2ccccn2)[C@H]1c1cccn1-c1ccc(Cl)cn1. The fourth-order valence-corrected chi connectivity index (χ4v) is 4.01. The highest BCUT2D eigenvalue weighted by atomic mass is 35.5. The molecule has 0 radical (unpaired) electrons. The molecule has 2 atom stereocenters. The number of halogens is 1. The minimum atomic E-state index is -0.0220. The van der Waals surface area contributed by atoms with Gasteiger partial charge in [-0.15, -0.1) is 0 Å². The van der Waals surface area contributed by atoms with E-state index in [1.54, 1.807) is 6.20 Å². The number of nitrogens with zero attached hydrogens (tertiary/aromatic N) is 4. The number of thiocarbonyl (C=S) groups is 1. The molecule has 0 saturated carbocycles. The Morgan fingerprint density at radius 3 is 2.74 bits per heavy atom. The maximum absolute atomic E-state index is 6.01. The van der Waals surface area contributed by atoms with Crippen molar-refractivity contribution in [2.45, 2.75) is 25.4 Å². The minimum absolute atomic E-state index is 0.0220. The van der Waals surface area contributed by atoms with Gasteiger partial charge in [0.1, 0.15) is 5.82 Å². The van der Waals surface area contributed by atoms with Crippen LogP contribution in [0, 0.1) is 0 Å². The van der Waals surface area contributed by atoms with E-state index in [0.717, 1.165) is 35.3 Å². The summed E-state index contributed by atoms with van der Waals surface area (Å²) >= 11 is 11.7. The summed E-state index contributed by atoms with van der Waals surface area (Å²) in [6.45, 7) is 3.03. The quantitative estimate of drug-likeness (QED) is 0.650. The van der Waals surface area contributed by atoms with Crippen molar-refractivity contribution < 1.29 is 0 Å². The molecule has 1 fully saturated rings. The summed E-state index contributed by atoms with van der Waals surface area (Å²) in [6.07, 6.45) is 6.51. The minimum Gasteiger partial charge on any atom is -0.352 e. The number of hydrogen-bond acceptors (Lipinski definition) is 3. The molecule has 1 N–H and O–H groups in total. The second-order valence-corrected chi connectivity index (χ2v) is 7.28. The van der Waals surface area contributed by atoms with Gasteiger partial charge >= 0.3 is 0 Å². The Bertz CT molecular complexity index is 925. The first-order chi connectivity index (χ1) is 13.2. The lowest BCUT2D eigenvalue weighted by Crippen LogP contribution is -2.31. The first kappa shape index (κ1) is 17.9. The fourth-order valence-electron chi connectivity index (χ4n) is 3.56.